The van der Waals surface area contributed by atoms with Crippen molar-refractivity contribution in [3.8, 4) is 0 Å². The summed E-state index contributed by atoms with van der Waals surface area (Å²) in [5.74, 6) is -1.33. The molecule has 2 aromatic rings. The van der Waals surface area contributed by atoms with Crippen LogP contribution in [-0.2, 0) is 22.6 Å². The van der Waals surface area contributed by atoms with Gasteiger partial charge >= 0.3 is 5.97 Å². The van der Waals surface area contributed by atoms with Crippen molar-refractivity contribution in [1.29, 1.82) is 0 Å². The number of ether oxygens (including phenoxy) is 1. The molecule has 130 valence electrons. The number of methoxy groups -OCH3 is 1. The van der Waals surface area contributed by atoms with Gasteiger partial charge in [-0.1, -0.05) is 24.3 Å². The number of rotatable bonds is 5. The molecule has 5 heteroatoms. The molecule has 1 aliphatic carbocycles. The number of hydrogen-bond donors (Lipinski definition) is 2. The fourth-order valence-electron chi connectivity index (χ4n) is 3.39. The topological polar surface area (TPSA) is 75.6 Å². The Morgan fingerprint density at radius 3 is 2.80 bits per heavy atom. The highest BCUT2D eigenvalue weighted by Gasteiger charge is 2.26. The van der Waals surface area contributed by atoms with Gasteiger partial charge in [0.05, 0.1) is 18.1 Å². The van der Waals surface area contributed by atoms with Crippen molar-refractivity contribution in [3.05, 3.63) is 64.7 Å². The molecule has 1 amide bonds. The van der Waals surface area contributed by atoms with Gasteiger partial charge in [0.15, 0.2) is 0 Å². The van der Waals surface area contributed by atoms with Crippen LogP contribution in [0.1, 0.15) is 45.8 Å². The van der Waals surface area contributed by atoms with Crippen molar-refractivity contribution >= 4 is 17.6 Å². The van der Waals surface area contributed by atoms with Crippen LogP contribution < -0.4 is 5.32 Å². The van der Waals surface area contributed by atoms with E-state index >= 15 is 0 Å². The van der Waals surface area contributed by atoms with E-state index < -0.39 is 5.97 Å². The molecule has 5 nitrogen and oxygen atoms in total. The first kappa shape index (κ1) is 17.2. The fraction of sp³-hybridized carbons (Fsp3) is 0.300. The minimum Gasteiger partial charge on any atom is -0.478 e. The second-order valence-corrected chi connectivity index (χ2v) is 6.29. The van der Waals surface area contributed by atoms with Gasteiger partial charge in [-0.05, 0) is 54.2 Å². The van der Waals surface area contributed by atoms with Crippen molar-refractivity contribution in [2.45, 2.75) is 31.8 Å². The smallest absolute Gasteiger partial charge is 0.335 e. The Labute approximate surface area is 146 Å². The van der Waals surface area contributed by atoms with E-state index in [9.17, 15) is 14.7 Å². The van der Waals surface area contributed by atoms with Crippen LogP contribution in [0.3, 0.4) is 0 Å². The predicted octanol–water partition coefficient (Wildman–Crippen LogP) is 3.59. The number of fused-ring (bicyclic) bond motifs is 1. The molecule has 0 heterocycles. The lowest BCUT2D eigenvalue weighted by Crippen LogP contribution is -2.24. The van der Waals surface area contributed by atoms with Crippen LogP contribution in [0.5, 0.6) is 0 Å². The maximum absolute atomic E-state index is 12.8. The second kappa shape index (κ2) is 7.49. The summed E-state index contributed by atoms with van der Waals surface area (Å²) in [7, 11) is 1.55. The lowest BCUT2D eigenvalue weighted by atomic mass is 9.82. The van der Waals surface area contributed by atoms with Gasteiger partial charge in [-0.2, -0.15) is 0 Å². The van der Waals surface area contributed by atoms with E-state index in [1.807, 2.05) is 18.2 Å². The number of carbonyl (C=O) groups is 2. The number of aryl methyl sites for hydroxylation is 1. The molecule has 0 aliphatic heterocycles. The Bertz CT molecular complexity index is 800. The van der Waals surface area contributed by atoms with E-state index in [2.05, 4.69) is 11.4 Å². The normalized spacial score (nSPS) is 16.1. The average molecular weight is 339 g/mol. The SMILES string of the molecule is COCc1cc(NC(=O)C2CCCc3ccccc32)cc(C(=O)O)c1. The summed E-state index contributed by atoms with van der Waals surface area (Å²) in [6.07, 6.45) is 2.76. The zero-order valence-corrected chi connectivity index (χ0v) is 14.1. The van der Waals surface area contributed by atoms with E-state index in [4.69, 9.17) is 4.74 Å². The minimum atomic E-state index is -1.03. The molecule has 1 aliphatic rings. The van der Waals surface area contributed by atoms with Crippen LogP contribution in [0.25, 0.3) is 0 Å². The molecule has 0 bridgehead atoms. The number of carbonyl (C=O) groups excluding carboxylic acids is 1. The molecule has 2 N–H and O–H groups in total. The Morgan fingerprint density at radius 1 is 1.24 bits per heavy atom. The number of anilines is 1. The third kappa shape index (κ3) is 3.88. The van der Waals surface area contributed by atoms with Gasteiger partial charge in [0, 0.05) is 12.8 Å². The number of carboxylic acid groups (broad SMARTS) is 1. The molecule has 0 fully saturated rings. The van der Waals surface area contributed by atoms with Crippen LogP contribution in [0, 0.1) is 0 Å². The summed E-state index contributed by atoms with van der Waals surface area (Å²) >= 11 is 0. The van der Waals surface area contributed by atoms with E-state index in [-0.39, 0.29) is 24.0 Å². The molecule has 0 spiro atoms. The highest BCUT2D eigenvalue weighted by molar-refractivity contribution is 5.98. The van der Waals surface area contributed by atoms with E-state index in [1.54, 1.807) is 19.2 Å². The molecule has 1 atom stereocenters. The van der Waals surface area contributed by atoms with Crippen LogP contribution in [0.15, 0.2) is 42.5 Å². The summed E-state index contributed by atoms with van der Waals surface area (Å²) in [4.78, 5) is 24.1. The van der Waals surface area contributed by atoms with Crippen molar-refractivity contribution in [2.75, 3.05) is 12.4 Å². The first-order valence-corrected chi connectivity index (χ1v) is 8.33. The molecule has 3 rings (SSSR count). The number of nitrogens with one attached hydrogen (secondary N) is 1. The quantitative estimate of drug-likeness (QED) is 0.873. The molecule has 25 heavy (non-hydrogen) atoms. The average Bonchev–Trinajstić information content (AvgIpc) is 2.61. The van der Waals surface area contributed by atoms with Gasteiger partial charge in [0.25, 0.3) is 0 Å². The Kier molecular flexibility index (Phi) is 5.14. The zero-order chi connectivity index (χ0) is 17.8. The van der Waals surface area contributed by atoms with Crippen molar-refractivity contribution in [2.24, 2.45) is 0 Å². The Balaban J connectivity index is 1.85. The molecule has 2 aromatic carbocycles. The van der Waals surface area contributed by atoms with E-state index in [0.29, 0.717) is 11.3 Å². The number of hydrogen-bond acceptors (Lipinski definition) is 3. The first-order chi connectivity index (χ1) is 12.1. The number of benzene rings is 2. The summed E-state index contributed by atoms with van der Waals surface area (Å²) < 4.78 is 5.08. The lowest BCUT2D eigenvalue weighted by Gasteiger charge is -2.24. The Morgan fingerprint density at radius 2 is 2.04 bits per heavy atom. The van der Waals surface area contributed by atoms with Gasteiger partial charge in [0.2, 0.25) is 5.91 Å². The van der Waals surface area contributed by atoms with Crippen molar-refractivity contribution in [3.63, 3.8) is 0 Å². The van der Waals surface area contributed by atoms with Gasteiger partial charge in [-0.3, -0.25) is 4.79 Å². The second-order valence-electron chi connectivity index (χ2n) is 6.29. The van der Waals surface area contributed by atoms with Crippen LogP contribution >= 0.6 is 0 Å². The highest BCUT2D eigenvalue weighted by atomic mass is 16.5. The van der Waals surface area contributed by atoms with Crippen molar-refractivity contribution in [1.82, 2.24) is 0 Å². The summed E-state index contributed by atoms with van der Waals surface area (Å²) in [6.45, 7) is 0.288. The summed E-state index contributed by atoms with van der Waals surface area (Å²) in [5, 5.41) is 12.2. The molecular weight excluding hydrogens is 318 g/mol. The highest BCUT2D eigenvalue weighted by Crippen LogP contribution is 2.32. The summed E-state index contributed by atoms with van der Waals surface area (Å²) in [6, 6.07) is 12.8. The molecule has 0 aromatic heterocycles. The van der Waals surface area contributed by atoms with E-state index in [0.717, 1.165) is 24.8 Å². The van der Waals surface area contributed by atoms with E-state index in [1.165, 1.54) is 11.6 Å². The standard InChI is InChI=1S/C20H21NO4/c1-25-12-13-9-15(20(23)24)11-16(10-13)21-19(22)18-8-4-6-14-5-2-3-7-17(14)18/h2-3,5,7,9-11,18H,4,6,8,12H2,1H3,(H,21,22)(H,23,24). The number of amides is 1. The van der Waals surface area contributed by atoms with Crippen LogP contribution in [0.4, 0.5) is 5.69 Å². The van der Waals surface area contributed by atoms with Crippen molar-refractivity contribution < 1.29 is 19.4 Å². The monoisotopic (exact) mass is 339 g/mol. The largest absolute Gasteiger partial charge is 0.478 e. The maximum atomic E-state index is 12.8. The third-order valence-electron chi connectivity index (χ3n) is 4.50. The van der Waals surface area contributed by atoms with Crippen LogP contribution in [0.2, 0.25) is 0 Å². The summed E-state index contributed by atoms with van der Waals surface area (Å²) in [5.41, 5.74) is 3.61. The van der Waals surface area contributed by atoms with Crippen LogP contribution in [-0.4, -0.2) is 24.1 Å². The predicted molar refractivity (Wildman–Crippen MR) is 94.9 cm³/mol. The molecule has 1 unspecified atom stereocenters. The maximum Gasteiger partial charge on any atom is 0.335 e. The fourth-order valence-corrected chi connectivity index (χ4v) is 3.39. The zero-order valence-electron chi connectivity index (χ0n) is 14.1. The van der Waals surface area contributed by atoms with Gasteiger partial charge in [-0.25, -0.2) is 4.79 Å². The minimum absolute atomic E-state index is 0.0990. The lowest BCUT2D eigenvalue weighted by molar-refractivity contribution is -0.117. The molecular formula is C20H21NO4. The number of aromatic carboxylic acids is 1. The molecule has 0 radical (unpaired) electrons. The first-order valence-electron chi connectivity index (χ1n) is 8.33. The molecule has 0 saturated carbocycles. The number of carboxylic acids is 1. The third-order valence-corrected chi connectivity index (χ3v) is 4.50. The Hall–Kier alpha value is -2.66. The van der Waals surface area contributed by atoms with Gasteiger partial charge < -0.3 is 15.2 Å². The van der Waals surface area contributed by atoms with Gasteiger partial charge in [0.1, 0.15) is 0 Å². The molecule has 0 saturated heterocycles. The van der Waals surface area contributed by atoms with Gasteiger partial charge in [-0.15, -0.1) is 0 Å².